The van der Waals surface area contributed by atoms with Crippen molar-refractivity contribution in [1.29, 1.82) is 0 Å². The summed E-state index contributed by atoms with van der Waals surface area (Å²) in [6.07, 6.45) is 5.49. The molecule has 4 heteroatoms. The molecule has 1 heterocycles. The predicted octanol–water partition coefficient (Wildman–Crippen LogP) is 3.45. The molecule has 104 valence electrons. The average Bonchev–Trinajstić information content (AvgIpc) is 2.85. The molecule has 0 aliphatic carbocycles. The van der Waals surface area contributed by atoms with Crippen LogP contribution in [0, 0.1) is 12.3 Å². The van der Waals surface area contributed by atoms with Gasteiger partial charge in [0, 0.05) is 17.1 Å². The van der Waals surface area contributed by atoms with Crippen LogP contribution in [0.3, 0.4) is 0 Å². The second-order valence-electron chi connectivity index (χ2n) is 4.76. The molecule has 0 radical (unpaired) electrons. The Kier molecular flexibility index (Phi) is 3.66. The van der Waals surface area contributed by atoms with E-state index in [9.17, 15) is 0 Å². The maximum absolute atomic E-state index is 6.04. The lowest BCUT2D eigenvalue weighted by Crippen LogP contribution is -1.99. The first kappa shape index (κ1) is 13.7. The molecule has 0 bridgehead atoms. The van der Waals surface area contributed by atoms with Crippen LogP contribution in [0.5, 0.6) is 0 Å². The van der Waals surface area contributed by atoms with Gasteiger partial charge in [-0.1, -0.05) is 41.8 Å². The molecule has 0 fully saturated rings. The topological polar surface area (TPSA) is 43.8 Å². The van der Waals surface area contributed by atoms with E-state index in [4.69, 9.17) is 23.8 Å². The molecular formula is C17H14ClN3. The normalized spacial score (nSPS) is 10.7. The number of benzene rings is 2. The number of nitrogens with two attached hydrogens (primary N) is 1. The van der Waals surface area contributed by atoms with E-state index in [0.717, 1.165) is 28.0 Å². The molecule has 2 N–H and O–H groups in total. The highest BCUT2D eigenvalue weighted by atomic mass is 35.5. The first-order chi connectivity index (χ1) is 10.2. The number of nitrogens with zero attached hydrogens (tertiary/aromatic N) is 2. The molecule has 0 saturated heterocycles. The highest BCUT2D eigenvalue weighted by molar-refractivity contribution is 6.31. The molecule has 0 saturated carbocycles. The fourth-order valence-electron chi connectivity index (χ4n) is 2.36. The predicted molar refractivity (Wildman–Crippen MR) is 86.9 cm³/mol. The van der Waals surface area contributed by atoms with E-state index in [0.29, 0.717) is 18.1 Å². The van der Waals surface area contributed by atoms with Gasteiger partial charge in [-0.15, -0.1) is 6.42 Å². The van der Waals surface area contributed by atoms with E-state index in [1.54, 1.807) is 0 Å². The molecular weight excluding hydrogens is 282 g/mol. The molecule has 0 unspecified atom stereocenters. The zero-order valence-electron chi connectivity index (χ0n) is 11.4. The number of imidazole rings is 1. The summed E-state index contributed by atoms with van der Waals surface area (Å²) in [5, 5.41) is 0.665. The van der Waals surface area contributed by atoms with Crippen LogP contribution in [0.1, 0.15) is 5.56 Å². The van der Waals surface area contributed by atoms with E-state index in [1.807, 2.05) is 47.0 Å². The third kappa shape index (κ3) is 2.52. The van der Waals surface area contributed by atoms with Crippen LogP contribution in [0.2, 0.25) is 5.02 Å². The number of halogens is 1. The quantitative estimate of drug-likeness (QED) is 0.752. The highest BCUT2D eigenvalue weighted by Gasteiger charge is 2.12. The molecule has 21 heavy (non-hydrogen) atoms. The largest absolute Gasteiger partial charge is 0.326 e. The monoisotopic (exact) mass is 295 g/mol. The molecule has 3 rings (SSSR count). The van der Waals surface area contributed by atoms with E-state index in [-0.39, 0.29) is 0 Å². The summed E-state index contributed by atoms with van der Waals surface area (Å²) >= 11 is 6.04. The van der Waals surface area contributed by atoms with Crippen molar-refractivity contribution in [2.75, 3.05) is 0 Å². The van der Waals surface area contributed by atoms with Gasteiger partial charge in [0.25, 0.3) is 0 Å². The van der Waals surface area contributed by atoms with Gasteiger partial charge in [-0.3, -0.25) is 0 Å². The Morgan fingerprint density at radius 1 is 1.19 bits per heavy atom. The van der Waals surface area contributed by atoms with Gasteiger partial charge in [0.05, 0.1) is 17.6 Å². The van der Waals surface area contributed by atoms with Crippen molar-refractivity contribution in [3.63, 3.8) is 0 Å². The summed E-state index contributed by atoms with van der Waals surface area (Å²) in [6.45, 7) is 0.989. The number of fused-ring (bicyclic) bond motifs is 1. The fourth-order valence-corrected chi connectivity index (χ4v) is 2.53. The third-order valence-corrected chi connectivity index (χ3v) is 3.64. The van der Waals surface area contributed by atoms with Crippen molar-refractivity contribution in [2.24, 2.45) is 5.73 Å². The minimum absolute atomic E-state index is 0.464. The lowest BCUT2D eigenvalue weighted by atomic mass is 10.1. The van der Waals surface area contributed by atoms with Gasteiger partial charge in [-0.2, -0.15) is 0 Å². The Labute approximate surface area is 128 Å². The standard InChI is InChI=1S/C17H14ClN3/c1-2-9-21-16-8-7-14(18)10-15(16)20-17(21)13-5-3-12(11-19)4-6-13/h1,3-8,10H,9,11,19H2. The average molecular weight is 296 g/mol. The Hall–Kier alpha value is -2.28. The minimum Gasteiger partial charge on any atom is -0.326 e. The van der Waals surface area contributed by atoms with Gasteiger partial charge in [0.2, 0.25) is 0 Å². The van der Waals surface area contributed by atoms with E-state index in [1.165, 1.54) is 0 Å². The van der Waals surface area contributed by atoms with Crippen LogP contribution in [0.25, 0.3) is 22.4 Å². The lowest BCUT2D eigenvalue weighted by Gasteiger charge is -2.06. The SMILES string of the molecule is C#CCn1c(-c2ccc(CN)cc2)nc2cc(Cl)ccc21. The smallest absolute Gasteiger partial charge is 0.141 e. The fraction of sp³-hybridized carbons (Fsp3) is 0.118. The molecule has 3 aromatic rings. The van der Waals surface area contributed by atoms with Crippen LogP contribution in [-0.2, 0) is 13.1 Å². The van der Waals surface area contributed by atoms with Crippen molar-refractivity contribution < 1.29 is 0 Å². The summed E-state index contributed by atoms with van der Waals surface area (Å²) in [5.41, 5.74) is 9.55. The van der Waals surface area contributed by atoms with Crippen LogP contribution in [0.15, 0.2) is 42.5 Å². The van der Waals surface area contributed by atoms with E-state index >= 15 is 0 Å². The Morgan fingerprint density at radius 2 is 1.95 bits per heavy atom. The maximum atomic E-state index is 6.04. The van der Waals surface area contributed by atoms with Crippen LogP contribution in [-0.4, -0.2) is 9.55 Å². The number of hydrogen-bond donors (Lipinski definition) is 1. The first-order valence-electron chi connectivity index (χ1n) is 6.61. The maximum Gasteiger partial charge on any atom is 0.141 e. The van der Waals surface area contributed by atoms with Crippen LogP contribution >= 0.6 is 11.6 Å². The highest BCUT2D eigenvalue weighted by Crippen LogP contribution is 2.26. The second-order valence-corrected chi connectivity index (χ2v) is 5.20. The van der Waals surface area contributed by atoms with Crippen molar-refractivity contribution >= 4 is 22.6 Å². The van der Waals surface area contributed by atoms with E-state index < -0.39 is 0 Å². The first-order valence-corrected chi connectivity index (χ1v) is 6.99. The second kappa shape index (κ2) is 5.61. The van der Waals surface area contributed by atoms with Gasteiger partial charge < -0.3 is 10.3 Å². The third-order valence-electron chi connectivity index (χ3n) is 3.41. The molecule has 0 aliphatic rings. The summed E-state index contributed by atoms with van der Waals surface area (Å²) in [4.78, 5) is 4.67. The van der Waals surface area contributed by atoms with Gasteiger partial charge in [-0.05, 0) is 23.8 Å². The van der Waals surface area contributed by atoms with Crippen molar-refractivity contribution in [3.05, 3.63) is 53.1 Å². The summed E-state index contributed by atoms with van der Waals surface area (Å²) in [6, 6.07) is 13.7. The number of aromatic nitrogens is 2. The molecule has 3 nitrogen and oxygen atoms in total. The summed E-state index contributed by atoms with van der Waals surface area (Å²) < 4.78 is 2.02. The van der Waals surface area contributed by atoms with Gasteiger partial charge in [0.1, 0.15) is 5.82 Å². The zero-order valence-corrected chi connectivity index (χ0v) is 12.1. The number of hydrogen-bond acceptors (Lipinski definition) is 2. The molecule has 0 amide bonds. The van der Waals surface area contributed by atoms with Gasteiger partial charge >= 0.3 is 0 Å². The number of terminal acetylenes is 1. The lowest BCUT2D eigenvalue weighted by molar-refractivity contribution is 0.881. The molecule has 0 spiro atoms. The molecule has 1 aromatic heterocycles. The van der Waals surface area contributed by atoms with Crippen molar-refractivity contribution in [2.45, 2.75) is 13.1 Å². The summed E-state index contributed by atoms with van der Waals surface area (Å²) in [7, 11) is 0. The van der Waals surface area contributed by atoms with Crippen molar-refractivity contribution in [1.82, 2.24) is 9.55 Å². The Bertz CT molecular complexity index is 826. The van der Waals surface area contributed by atoms with Crippen molar-refractivity contribution in [3.8, 4) is 23.7 Å². The van der Waals surface area contributed by atoms with Crippen LogP contribution in [0.4, 0.5) is 0 Å². The molecule has 0 aliphatic heterocycles. The Balaban J connectivity index is 2.20. The Morgan fingerprint density at radius 3 is 2.62 bits per heavy atom. The van der Waals surface area contributed by atoms with Gasteiger partial charge in [-0.25, -0.2) is 4.98 Å². The van der Waals surface area contributed by atoms with E-state index in [2.05, 4.69) is 10.9 Å². The number of rotatable bonds is 3. The van der Waals surface area contributed by atoms with Gasteiger partial charge in [0.15, 0.2) is 0 Å². The molecule has 0 atom stereocenters. The van der Waals surface area contributed by atoms with Crippen LogP contribution < -0.4 is 5.73 Å². The minimum atomic E-state index is 0.464. The molecule has 2 aromatic carbocycles. The summed E-state index contributed by atoms with van der Waals surface area (Å²) in [5.74, 6) is 3.52. The zero-order chi connectivity index (χ0) is 14.8.